The molecule has 0 unspecified atom stereocenters. The van der Waals surface area contributed by atoms with Gasteiger partial charge in [-0.15, -0.1) is 0 Å². The van der Waals surface area contributed by atoms with Crippen LogP contribution in [0.5, 0.6) is 0 Å². The normalized spacial score (nSPS) is 15.8. The number of carbonyl (C=O) groups excluding carboxylic acids is 11. The van der Waals surface area contributed by atoms with Gasteiger partial charge in [0.1, 0.15) is 54.4 Å². The lowest BCUT2D eigenvalue weighted by Gasteiger charge is -2.29. The van der Waals surface area contributed by atoms with E-state index >= 15 is 0 Å². The maximum atomic E-state index is 13.9. The highest BCUT2D eigenvalue weighted by atomic mass is 16.4. The highest BCUT2D eigenvalue weighted by molar-refractivity contribution is 5.98. The van der Waals surface area contributed by atoms with E-state index in [1.807, 2.05) is 42.5 Å². The molecule has 0 spiro atoms. The smallest absolute Gasteiger partial charge is 0.326 e. The quantitative estimate of drug-likeness (QED) is 0.0267. The summed E-state index contributed by atoms with van der Waals surface area (Å²) >= 11 is 0. The summed E-state index contributed by atoms with van der Waals surface area (Å²) in [6, 6.07) is 17.0. The highest BCUT2D eigenvalue weighted by Gasteiger charge is 2.35. The van der Waals surface area contributed by atoms with E-state index in [0.29, 0.717) is 31.2 Å². The molecule has 1 fully saturated rings. The van der Waals surface area contributed by atoms with Gasteiger partial charge in [-0.3, -0.25) is 62.3 Å². The van der Waals surface area contributed by atoms with Crippen LogP contribution < -0.4 is 63.8 Å². The van der Waals surface area contributed by atoms with E-state index in [1.54, 1.807) is 60.7 Å². The predicted molar refractivity (Wildman–Crippen MR) is 372 cm³/mol. The Morgan fingerprint density at radius 2 is 0.827 bits per heavy atom. The first-order valence-corrected chi connectivity index (χ1v) is 34.1. The molecule has 1 aliphatic rings. The third kappa shape index (κ3) is 30.0. The fourth-order valence-corrected chi connectivity index (χ4v) is 11.4. The average Bonchev–Trinajstić information content (AvgIpc) is 0.838. The second kappa shape index (κ2) is 42.7. The van der Waals surface area contributed by atoms with E-state index in [1.165, 1.54) is 20.8 Å². The minimum atomic E-state index is -1.68. The van der Waals surface area contributed by atoms with Crippen molar-refractivity contribution in [2.45, 2.75) is 178 Å². The first-order valence-electron chi connectivity index (χ1n) is 34.1. The summed E-state index contributed by atoms with van der Waals surface area (Å²) in [6.07, 6.45) is -1.30. The molecule has 12 amide bonds. The lowest BCUT2D eigenvalue weighted by molar-refractivity contribution is -0.141. The van der Waals surface area contributed by atoms with Crippen molar-refractivity contribution in [2.75, 3.05) is 19.6 Å². The van der Waals surface area contributed by atoms with Crippen LogP contribution in [-0.2, 0) is 91.2 Å². The molecule has 562 valence electrons. The number of urea groups is 1. The summed E-state index contributed by atoms with van der Waals surface area (Å²) in [6.45, 7) is 3.29. The van der Waals surface area contributed by atoms with Crippen LogP contribution in [0, 0.1) is 11.8 Å². The number of unbranched alkanes of at least 4 members (excludes halogenated alkanes) is 1. The predicted octanol–water partition coefficient (Wildman–Crippen LogP) is 0.446. The Bertz CT molecular complexity index is 3690. The second-order valence-electron chi connectivity index (χ2n) is 25.4. The molecule has 5 rings (SSSR count). The van der Waals surface area contributed by atoms with Crippen LogP contribution in [0.4, 0.5) is 4.79 Å². The summed E-state index contributed by atoms with van der Waals surface area (Å²) in [5.41, 5.74) is 2.11. The number of carboxylic acids is 5. The number of carbonyl (C=O) groups is 16. The van der Waals surface area contributed by atoms with Crippen molar-refractivity contribution < 1.29 is 102 Å². The molecule has 0 radical (unpaired) electrons. The van der Waals surface area contributed by atoms with Crippen molar-refractivity contribution in [1.29, 1.82) is 0 Å². The van der Waals surface area contributed by atoms with E-state index < -0.39 is 200 Å². The van der Waals surface area contributed by atoms with E-state index in [0.717, 1.165) is 21.9 Å². The number of benzene rings is 4. The highest BCUT2D eigenvalue weighted by Crippen LogP contribution is 2.29. The molecule has 4 aromatic carbocycles. The minimum Gasteiger partial charge on any atom is -0.481 e. The molecule has 9 atom stereocenters. The van der Waals surface area contributed by atoms with Gasteiger partial charge in [0.2, 0.25) is 59.1 Å². The molecule has 33 heteroatoms. The van der Waals surface area contributed by atoms with Crippen molar-refractivity contribution in [3.63, 3.8) is 0 Å². The monoisotopic (exact) mass is 1450 g/mol. The largest absolute Gasteiger partial charge is 0.481 e. The lowest BCUT2D eigenvalue weighted by atomic mass is 9.81. The number of hydrogen-bond donors (Lipinski definition) is 17. The van der Waals surface area contributed by atoms with Gasteiger partial charge in [0, 0.05) is 64.5 Å². The Hall–Kier alpha value is -11.5. The Morgan fingerprint density at radius 1 is 0.394 bits per heavy atom. The first-order chi connectivity index (χ1) is 49.4. The van der Waals surface area contributed by atoms with Crippen LogP contribution in [0.3, 0.4) is 0 Å². The van der Waals surface area contributed by atoms with E-state index in [9.17, 15) is 97.1 Å². The number of carboxylic acid groups (broad SMARTS) is 5. The van der Waals surface area contributed by atoms with Gasteiger partial charge in [-0.1, -0.05) is 103 Å². The first kappa shape index (κ1) is 83.1. The van der Waals surface area contributed by atoms with E-state index in [2.05, 4.69) is 63.8 Å². The zero-order valence-corrected chi connectivity index (χ0v) is 57.9. The van der Waals surface area contributed by atoms with Crippen LogP contribution in [0.15, 0.2) is 103 Å². The van der Waals surface area contributed by atoms with Crippen molar-refractivity contribution in [3.8, 4) is 0 Å². The Balaban J connectivity index is 1.11. The molecule has 0 saturated heterocycles. The van der Waals surface area contributed by atoms with Gasteiger partial charge in [-0.05, 0) is 111 Å². The SMILES string of the molecule is CC(=O)N[C@@H](Cc1ccccc1)C(=O)N[C@@H](Cc1ccccc1)C(=O)N[C@@H](C)C(=O)N[C@@H](C)C(=O)N[C@@H](CCC(=O)O)C(=O)N[C@@H](CCC(=O)O)C(=O)NCC(=O)NCC1CCC(C(=O)N[C@@H](Cc2ccc3ccccc3c2)C(=O)NCCCC[C@H](NC(=O)N[C@@H](CCC(=O)O)C(=O)O)C(=O)O)CC1. The fourth-order valence-electron chi connectivity index (χ4n) is 11.4. The van der Waals surface area contributed by atoms with Crippen LogP contribution >= 0.6 is 0 Å². The van der Waals surface area contributed by atoms with Gasteiger partial charge in [0.25, 0.3) is 0 Å². The summed E-state index contributed by atoms with van der Waals surface area (Å²) in [7, 11) is 0. The Morgan fingerprint density at radius 3 is 1.38 bits per heavy atom. The molecule has 0 aliphatic heterocycles. The topological polar surface area (TPSA) is 519 Å². The third-order valence-corrected chi connectivity index (χ3v) is 17.1. The molecule has 104 heavy (non-hydrogen) atoms. The maximum absolute atomic E-state index is 13.9. The van der Waals surface area contributed by atoms with Crippen LogP contribution in [0.2, 0.25) is 0 Å². The van der Waals surface area contributed by atoms with Gasteiger partial charge < -0.3 is 89.3 Å². The van der Waals surface area contributed by atoms with Gasteiger partial charge in [-0.2, -0.15) is 0 Å². The van der Waals surface area contributed by atoms with Crippen molar-refractivity contribution >= 4 is 106 Å². The standard InChI is InChI=1S/C71H92N12O21/c1-40(76-67(98)56(36-44-16-8-5-9-17-44)81-68(99)55(77-42(3)84)35-43-14-6-4-7-15-43)61(92)75-41(2)62(93)78-51(28-31-59(88)89)66(97)79-50(27-30-58(86)87)64(95)74-39-57(85)73-38-45-21-25-48(26-22-45)63(94)80-54(37-46-23-24-47-18-10-11-19-49(47)34-46)65(96)72-33-13-12-20-52(69(100)101)82-71(104)83-53(70(102)103)29-32-60(90)91/h4-11,14-19,23-24,34,40-41,45,48,50-56H,12-13,20-22,25-33,35-39H2,1-3H3,(H,72,96)(H,73,85)(H,74,95)(H,75,92)(H,76,98)(H,77,84)(H,78,93)(H,79,97)(H,80,94)(H,81,99)(H,86,87)(H,88,89)(H,90,91)(H,100,101)(H,102,103)(H2,82,83,104)/t40-,41-,45?,48?,50-,51-,52-,53-,54-,55-,56-/m0/s1. The van der Waals surface area contributed by atoms with Crippen molar-refractivity contribution in [3.05, 3.63) is 120 Å². The number of hydrogen-bond acceptors (Lipinski definition) is 16. The number of fused-ring (bicyclic) bond motifs is 1. The molecular weight excluding hydrogens is 1360 g/mol. The third-order valence-electron chi connectivity index (χ3n) is 17.1. The molecule has 0 aromatic heterocycles. The molecule has 4 aromatic rings. The van der Waals surface area contributed by atoms with Crippen molar-refractivity contribution in [2.24, 2.45) is 11.8 Å². The van der Waals surface area contributed by atoms with Crippen LogP contribution in [0.1, 0.15) is 121 Å². The molecule has 33 nitrogen and oxygen atoms in total. The van der Waals surface area contributed by atoms with Crippen LogP contribution in [-0.4, -0.2) is 194 Å². The Labute approximate surface area is 598 Å². The average molecular weight is 1450 g/mol. The summed E-state index contributed by atoms with van der Waals surface area (Å²) in [5, 5.41) is 78.8. The second-order valence-corrected chi connectivity index (χ2v) is 25.4. The zero-order valence-electron chi connectivity index (χ0n) is 57.9. The molecule has 1 saturated carbocycles. The number of aliphatic carboxylic acids is 5. The van der Waals surface area contributed by atoms with Crippen molar-refractivity contribution in [1.82, 2.24) is 63.8 Å². The molecule has 0 heterocycles. The zero-order chi connectivity index (χ0) is 76.4. The fraction of sp³-hybridized carbons (Fsp3) is 0.465. The molecular formula is C71H92N12O21. The number of nitrogens with one attached hydrogen (secondary N) is 12. The molecule has 1 aliphatic carbocycles. The van der Waals surface area contributed by atoms with Gasteiger partial charge in [-0.25, -0.2) is 14.4 Å². The van der Waals surface area contributed by atoms with E-state index in [-0.39, 0.29) is 57.5 Å². The minimum absolute atomic E-state index is 0.0348. The number of rotatable bonds is 43. The lowest BCUT2D eigenvalue weighted by Crippen LogP contribution is -2.59. The Kier molecular flexibility index (Phi) is 34.1. The molecule has 17 N–H and O–H groups in total. The number of amides is 12. The summed E-state index contributed by atoms with van der Waals surface area (Å²) in [4.78, 5) is 206. The van der Waals surface area contributed by atoms with Crippen LogP contribution in [0.25, 0.3) is 10.8 Å². The van der Waals surface area contributed by atoms with E-state index in [4.69, 9.17) is 5.11 Å². The summed E-state index contributed by atoms with van der Waals surface area (Å²) in [5.74, 6) is -15.2. The molecule has 0 bridgehead atoms. The van der Waals surface area contributed by atoms with Gasteiger partial charge >= 0.3 is 35.9 Å². The van der Waals surface area contributed by atoms with Gasteiger partial charge in [0.15, 0.2) is 0 Å². The summed E-state index contributed by atoms with van der Waals surface area (Å²) < 4.78 is 0. The van der Waals surface area contributed by atoms with Gasteiger partial charge in [0.05, 0.1) is 6.54 Å². The maximum Gasteiger partial charge on any atom is 0.326 e.